The molecule has 0 saturated heterocycles. The minimum atomic E-state index is -0.436. The van der Waals surface area contributed by atoms with E-state index in [9.17, 15) is 14.9 Å². The molecule has 3 aromatic carbocycles. The maximum absolute atomic E-state index is 13.9. The van der Waals surface area contributed by atoms with Crippen LogP contribution in [0.25, 0.3) is 12.2 Å². The molecule has 1 aliphatic carbocycles. The van der Waals surface area contributed by atoms with Gasteiger partial charge in [0.05, 0.1) is 35.4 Å². The number of allylic oxidation sites excluding steroid dienone is 2. The van der Waals surface area contributed by atoms with E-state index in [0.717, 1.165) is 58.7 Å². The predicted molar refractivity (Wildman–Crippen MR) is 159 cm³/mol. The number of aromatic nitrogens is 1. The van der Waals surface area contributed by atoms with Crippen molar-refractivity contribution in [2.45, 2.75) is 25.3 Å². The highest BCUT2D eigenvalue weighted by Crippen LogP contribution is 2.41. The van der Waals surface area contributed by atoms with Gasteiger partial charge in [0.25, 0.3) is 11.2 Å². The number of fused-ring (bicyclic) bond motifs is 1. The highest BCUT2D eigenvalue weighted by atomic mass is 32.1. The van der Waals surface area contributed by atoms with Crippen molar-refractivity contribution in [2.75, 3.05) is 14.2 Å². The van der Waals surface area contributed by atoms with Gasteiger partial charge in [-0.15, -0.1) is 0 Å². The molecule has 0 amide bonds. The second kappa shape index (κ2) is 11.0. The molecule has 1 aliphatic heterocycles. The average Bonchev–Trinajstić information content (AvgIpc) is 3.31. The molecule has 41 heavy (non-hydrogen) atoms. The molecule has 4 aromatic rings. The molecule has 2 heterocycles. The predicted octanol–water partition coefficient (Wildman–Crippen LogP) is 5.41. The first-order valence-corrected chi connectivity index (χ1v) is 14.0. The lowest BCUT2D eigenvalue weighted by Gasteiger charge is -2.31. The van der Waals surface area contributed by atoms with Crippen LogP contribution < -0.4 is 24.4 Å². The molecule has 0 bridgehead atoms. The fraction of sp³-hybridized carbons (Fsp3) is 0.188. The second-order valence-electron chi connectivity index (χ2n) is 9.87. The van der Waals surface area contributed by atoms with E-state index >= 15 is 0 Å². The lowest BCUT2D eigenvalue weighted by Crippen LogP contribution is -2.39. The van der Waals surface area contributed by atoms with E-state index in [4.69, 9.17) is 14.5 Å². The number of ether oxygens (including phenoxy) is 2. The summed E-state index contributed by atoms with van der Waals surface area (Å²) < 4.78 is 13.0. The van der Waals surface area contributed by atoms with Gasteiger partial charge in [-0.3, -0.25) is 19.5 Å². The van der Waals surface area contributed by atoms with Crippen molar-refractivity contribution in [3.05, 3.63) is 136 Å². The Balaban J connectivity index is 1.52. The van der Waals surface area contributed by atoms with Gasteiger partial charge >= 0.3 is 0 Å². The fourth-order valence-electron chi connectivity index (χ4n) is 5.39. The number of thiazole rings is 1. The Morgan fingerprint density at radius 2 is 1.51 bits per heavy atom. The summed E-state index contributed by atoms with van der Waals surface area (Å²) >= 11 is 1.33. The summed E-state index contributed by atoms with van der Waals surface area (Å²) in [5.74, 6) is 1.55. The second-order valence-corrected chi connectivity index (χ2v) is 10.9. The maximum atomic E-state index is 13.9. The summed E-state index contributed by atoms with van der Waals surface area (Å²) in [5, 5.41) is 11.1. The van der Waals surface area contributed by atoms with Gasteiger partial charge in [0.1, 0.15) is 11.5 Å². The zero-order valence-electron chi connectivity index (χ0n) is 22.6. The van der Waals surface area contributed by atoms with Crippen molar-refractivity contribution < 1.29 is 14.4 Å². The number of non-ortho nitro benzene ring substituents is 1. The number of methoxy groups -OCH3 is 2. The molecule has 6 rings (SSSR count). The Labute approximate surface area is 240 Å². The van der Waals surface area contributed by atoms with Crippen LogP contribution in [0.2, 0.25) is 0 Å². The van der Waals surface area contributed by atoms with E-state index in [2.05, 4.69) is 6.08 Å². The number of nitrogens with zero attached hydrogens (tertiary/aromatic N) is 3. The summed E-state index contributed by atoms with van der Waals surface area (Å²) in [6, 6.07) is 21.7. The van der Waals surface area contributed by atoms with Crippen molar-refractivity contribution in [3.63, 3.8) is 0 Å². The SMILES string of the molecule is COc1ccc(/C=C2\CCCC3=C2N=c2sc(=Cc4ccc([N+](=O)[O-])cc4)c(=O)n2[C@@H]3c2ccc(OC)cc2)cc1. The Bertz CT molecular complexity index is 1870. The summed E-state index contributed by atoms with van der Waals surface area (Å²) in [4.78, 5) is 30.3. The van der Waals surface area contributed by atoms with Crippen molar-refractivity contribution in [3.8, 4) is 11.5 Å². The third-order valence-electron chi connectivity index (χ3n) is 7.42. The lowest BCUT2D eigenvalue weighted by molar-refractivity contribution is -0.384. The van der Waals surface area contributed by atoms with Gasteiger partial charge in [0, 0.05) is 12.1 Å². The standard InChI is InChI=1S/C32H27N3O5S/c1-39-25-14-8-20(9-15-25)18-23-4-3-5-27-29(23)33-32-34(30(27)22-10-16-26(40-2)17-11-22)31(36)28(41-32)19-21-6-12-24(13-7-21)35(37)38/h6-19,30H,3-5H2,1-2H3/b23-18+,28-19?/t30-/m1/s1. The number of hydrogen-bond donors (Lipinski definition) is 0. The quantitative estimate of drug-likeness (QED) is 0.230. The summed E-state index contributed by atoms with van der Waals surface area (Å²) in [6.07, 6.45) is 6.63. The minimum absolute atomic E-state index is 0.00645. The number of benzene rings is 3. The topological polar surface area (TPSA) is 96.0 Å². The smallest absolute Gasteiger partial charge is 0.271 e. The van der Waals surface area contributed by atoms with Crippen molar-refractivity contribution in [1.29, 1.82) is 0 Å². The number of nitro benzene ring substituents is 1. The molecule has 0 unspecified atom stereocenters. The van der Waals surface area contributed by atoms with Crippen LogP contribution in [0.4, 0.5) is 5.69 Å². The lowest BCUT2D eigenvalue weighted by atomic mass is 9.84. The molecule has 9 heteroatoms. The summed E-state index contributed by atoms with van der Waals surface area (Å²) in [5.41, 5.74) is 5.84. The van der Waals surface area contributed by atoms with Gasteiger partial charge in [-0.25, -0.2) is 4.99 Å². The van der Waals surface area contributed by atoms with E-state index in [1.54, 1.807) is 37.0 Å². The zero-order chi connectivity index (χ0) is 28.5. The van der Waals surface area contributed by atoms with E-state index in [-0.39, 0.29) is 17.3 Å². The Morgan fingerprint density at radius 1 is 0.902 bits per heavy atom. The van der Waals surface area contributed by atoms with Gasteiger partial charge in [-0.05, 0) is 95.6 Å². The van der Waals surface area contributed by atoms with Gasteiger partial charge in [-0.2, -0.15) is 0 Å². The molecule has 1 atom stereocenters. The van der Waals surface area contributed by atoms with Gasteiger partial charge in [0.15, 0.2) is 4.80 Å². The van der Waals surface area contributed by atoms with Crippen LogP contribution in [0.15, 0.2) is 99.4 Å². The van der Waals surface area contributed by atoms with Crippen LogP contribution >= 0.6 is 11.3 Å². The van der Waals surface area contributed by atoms with Crippen molar-refractivity contribution >= 4 is 29.2 Å². The normalized spacial score (nSPS) is 17.6. The Kier molecular flexibility index (Phi) is 7.11. The molecule has 2 aliphatic rings. The first kappa shape index (κ1) is 26.5. The van der Waals surface area contributed by atoms with Crippen LogP contribution in [0.5, 0.6) is 11.5 Å². The number of nitro groups is 1. The maximum Gasteiger partial charge on any atom is 0.271 e. The first-order valence-electron chi connectivity index (χ1n) is 13.2. The van der Waals surface area contributed by atoms with Crippen LogP contribution in [-0.4, -0.2) is 23.7 Å². The zero-order valence-corrected chi connectivity index (χ0v) is 23.4. The molecule has 0 N–H and O–H groups in total. The molecule has 206 valence electrons. The highest BCUT2D eigenvalue weighted by molar-refractivity contribution is 7.07. The molecule has 8 nitrogen and oxygen atoms in total. The third-order valence-corrected chi connectivity index (χ3v) is 8.41. The molecule has 0 radical (unpaired) electrons. The molecule has 0 saturated carbocycles. The van der Waals surface area contributed by atoms with Crippen LogP contribution in [0.1, 0.15) is 42.0 Å². The molecule has 1 aromatic heterocycles. The fourth-order valence-corrected chi connectivity index (χ4v) is 6.39. The largest absolute Gasteiger partial charge is 0.497 e. The molecule has 0 fully saturated rings. The van der Waals surface area contributed by atoms with E-state index in [0.29, 0.717) is 14.9 Å². The van der Waals surface area contributed by atoms with Gasteiger partial charge < -0.3 is 9.47 Å². The van der Waals surface area contributed by atoms with Gasteiger partial charge in [0.2, 0.25) is 0 Å². The molecular formula is C32H27N3O5S. The van der Waals surface area contributed by atoms with Crippen molar-refractivity contribution in [2.24, 2.45) is 4.99 Å². The summed E-state index contributed by atoms with van der Waals surface area (Å²) in [7, 11) is 3.29. The third kappa shape index (κ3) is 5.12. The first-order chi connectivity index (χ1) is 19.9. The van der Waals surface area contributed by atoms with Gasteiger partial charge in [-0.1, -0.05) is 35.6 Å². The summed E-state index contributed by atoms with van der Waals surface area (Å²) in [6.45, 7) is 0. The average molecular weight is 566 g/mol. The monoisotopic (exact) mass is 565 g/mol. The Hall–Kier alpha value is -4.76. The highest BCUT2D eigenvalue weighted by Gasteiger charge is 2.32. The van der Waals surface area contributed by atoms with E-state index in [1.165, 1.54) is 23.5 Å². The minimum Gasteiger partial charge on any atom is -0.497 e. The van der Waals surface area contributed by atoms with Crippen LogP contribution in [0.3, 0.4) is 0 Å². The molecular weight excluding hydrogens is 538 g/mol. The number of hydrogen-bond acceptors (Lipinski definition) is 7. The van der Waals surface area contributed by atoms with Crippen molar-refractivity contribution in [1.82, 2.24) is 4.57 Å². The Morgan fingerprint density at radius 3 is 2.15 bits per heavy atom. The molecule has 0 spiro atoms. The van der Waals surface area contributed by atoms with Crippen LogP contribution in [-0.2, 0) is 0 Å². The van der Waals surface area contributed by atoms with E-state index < -0.39 is 4.92 Å². The van der Waals surface area contributed by atoms with E-state index in [1.807, 2.05) is 48.5 Å². The number of rotatable bonds is 6. The van der Waals surface area contributed by atoms with Crippen LogP contribution in [0, 0.1) is 10.1 Å².